The van der Waals surface area contributed by atoms with Crippen molar-refractivity contribution in [3.8, 4) is 5.88 Å². The Labute approximate surface area is 109 Å². The van der Waals surface area contributed by atoms with Crippen LogP contribution in [0.5, 0.6) is 5.88 Å². The zero-order valence-electron chi connectivity index (χ0n) is 11.6. The van der Waals surface area contributed by atoms with E-state index in [4.69, 9.17) is 4.74 Å². The van der Waals surface area contributed by atoms with Crippen molar-refractivity contribution in [1.82, 2.24) is 4.98 Å². The molecule has 0 saturated heterocycles. The van der Waals surface area contributed by atoms with Gasteiger partial charge in [-0.3, -0.25) is 0 Å². The van der Waals surface area contributed by atoms with Crippen LogP contribution in [0, 0.1) is 0 Å². The van der Waals surface area contributed by atoms with Crippen molar-refractivity contribution >= 4 is 0 Å². The monoisotopic (exact) mass is 249 g/mol. The van der Waals surface area contributed by atoms with Crippen LogP contribution in [0.4, 0.5) is 0 Å². The van der Waals surface area contributed by atoms with Crippen molar-refractivity contribution in [2.45, 2.75) is 64.6 Å². The largest absolute Gasteiger partial charge is 0.474 e. The molecule has 1 aliphatic carbocycles. The molecule has 100 valence electrons. The van der Waals surface area contributed by atoms with Crippen molar-refractivity contribution in [3.63, 3.8) is 0 Å². The standard InChI is InChI=1S/C15H23NO2/c1-15(2,3)13-8-11(10-17)9-14(16-13)18-12-6-4-5-7-12/h8-9,12,17H,4-7,10H2,1-3H3. The van der Waals surface area contributed by atoms with Gasteiger partial charge in [-0.25, -0.2) is 4.98 Å². The lowest BCUT2D eigenvalue weighted by Crippen LogP contribution is -2.17. The molecule has 0 aliphatic heterocycles. The van der Waals surface area contributed by atoms with E-state index in [1.807, 2.05) is 12.1 Å². The van der Waals surface area contributed by atoms with Gasteiger partial charge < -0.3 is 9.84 Å². The van der Waals surface area contributed by atoms with Crippen LogP contribution in [-0.4, -0.2) is 16.2 Å². The van der Waals surface area contributed by atoms with E-state index in [9.17, 15) is 5.11 Å². The molecule has 0 unspecified atom stereocenters. The van der Waals surface area contributed by atoms with Gasteiger partial charge >= 0.3 is 0 Å². The summed E-state index contributed by atoms with van der Waals surface area (Å²) in [6.45, 7) is 6.40. The topological polar surface area (TPSA) is 42.4 Å². The Kier molecular flexibility index (Phi) is 3.91. The summed E-state index contributed by atoms with van der Waals surface area (Å²) in [5, 5.41) is 9.33. The first kappa shape index (κ1) is 13.3. The number of nitrogens with zero attached hydrogens (tertiary/aromatic N) is 1. The Hall–Kier alpha value is -1.09. The second-order valence-electron chi connectivity index (χ2n) is 6.13. The lowest BCUT2D eigenvalue weighted by Gasteiger charge is -2.21. The van der Waals surface area contributed by atoms with Crippen LogP contribution < -0.4 is 4.74 Å². The third-order valence-corrected chi connectivity index (χ3v) is 3.40. The molecule has 0 radical (unpaired) electrons. The minimum atomic E-state index is -0.0288. The molecule has 1 aromatic rings. The third kappa shape index (κ3) is 3.22. The van der Waals surface area contributed by atoms with Gasteiger partial charge in [0.25, 0.3) is 0 Å². The molecule has 1 fully saturated rings. The number of pyridine rings is 1. The van der Waals surface area contributed by atoms with E-state index in [0.29, 0.717) is 12.0 Å². The van der Waals surface area contributed by atoms with E-state index in [1.54, 1.807) is 0 Å². The molecule has 2 rings (SSSR count). The van der Waals surface area contributed by atoms with Crippen molar-refractivity contribution in [1.29, 1.82) is 0 Å². The van der Waals surface area contributed by atoms with Gasteiger partial charge in [0, 0.05) is 11.5 Å². The first-order valence-electron chi connectivity index (χ1n) is 6.78. The molecule has 1 aliphatic rings. The minimum Gasteiger partial charge on any atom is -0.474 e. The molecule has 3 heteroatoms. The molecule has 1 N–H and O–H groups in total. The smallest absolute Gasteiger partial charge is 0.214 e. The van der Waals surface area contributed by atoms with Crippen LogP contribution in [-0.2, 0) is 12.0 Å². The van der Waals surface area contributed by atoms with Gasteiger partial charge in [-0.2, -0.15) is 0 Å². The molecular weight excluding hydrogens is 226 g/mol. The number of hydrogen-bond acceptors (Lipinski definition) is 3. The molecular formula is C15H23NO2. The Bertz CT molecular complexity index is 403. The summed E-state index contributed by atoms with van der Waals surface area (Å²) in [5.74, 6) is 0.665. The first-order chi connectivity index (χ1) is 8.49. The summed E-state index contributed by atoms with van der Waals surface area (Å²) in [7, 11) is 0. The highest BCUT2D eigenvalue weighted by Crippen LogP contribution is 2.27. The zero-order chi connectivity index (χ0) is 13.2. The van der Waals surface area contributed by atoms with Crippen LogP contribution in [0.1, 0.15) is 57.7 Å². The molecule has 18 heavy (non-hydrogen) atoms. The van der Waals surface area contributed by atoms with E-state index < -0.39 is 0 Å². The average Bonchev–Trinajstić information content (AvgIpc) is 2.80. The van der Waals surface area contributed by atoms with Crippen LogP contribution in [0.3, 0.4) is 0 Å². The van der Waals surface area contributed by atoms with Crippen LogP contribution in [0.2, 0.25) is 0 Å². The summed E-state index contributed by atoms with van der Waals surface area (Å²) in [6.07, 6.45) is 5.04. The zero-order valence-corrected chi connectivity index (χ0v) is 11.6. The lowest BCUT2D eigenvalue weighted by molar-refractivity contribution is 0.199. The average molecular weight is 249 g/mol. The van der Waals surface area contributed by atoms with Crippen molar-refractivity contribution in [3.05, 3.63) is 23.4 Å². The molecule has 1 saturated carbocycles. The van der Waals surface area contributed by atoms with Gasteiger partial charge in [0.2, 0.25) is 5.88 Å². The summed E-state index contributed by atoms with van der Waals surface area (Å²) >= 11 is 0. The highest BCUT2D eigenvalue weighted by atomic mass is 16.5. The summed E-state index contributed by atoms with van der Waals surface area (Å²) in [5.41, 5.74) is 1.82. The van der Waals surface area contributed by atoms with Crippen LogP contribution >= 0.6 is 0 Å². The van der Waals surface area contributed by atoms with Crippen molar-refractivity contribution in [2.75, 3.05) is 0 Å². The molecule has 1 aromatic heterocycles. The summed E-state index contributed by atoms with van der Waals surface area (Å²) in [6, 6.07) is 3.81. The number of ether oxygens (including phenoxy) is 1. The fourth-order valence-electron chi connectivity index (χ4n) is 2.27. The third-order valence-electron chi connectivity index (χ3n) is 3.40. The first-order valence-corrected chi connectivity index (χ1v) is 6.78. The molecule has 1 heterocycles. The number of hydrogen-bond donors (Lipinski definition) is 1. The second-order valence-corrected chi connectivity index (χ2v) is 6.13. The highest BCUT2D eigenvalue weighted by Gasteiger charge is 2.20. The maximum absolute atomic E-state index is 9.33. The van der Waals surface area contributed by atoms with Gasteiger partial charge in [-0.15, -0.1) is 0 Å². The van der Waals surface area contributed by atoms with Crippen LogP contribution in [0.25, 0.3) is 0 Å². The Morgan fingerprint density at radius 1 is 1.28 bits per heavy atom. The van der Waals surface area contributed by atoms with Gasteiger partial charge in [-0.1, -0.05) is 20.8 Å². The second kappa shape index (κ2) is 5.27. The van der Waals surface area contributed by atoms with Crippen molar-refractivity contribution < 1.29 is 9.84 Å². The summed E-state index contributed by atoms with van der Waals surface area (Å²) < 4.78 is 5.93. The maximum Gasteiger partial charge on any atom is 0.214 e. The molecule has 0 bridgehead atoms. The fraction of sp³-hybridized carbons (Fsp3) is 0.667. The Morgan fingerprint density at radius 3 is 2.50 bits per heavy atom. The number of aromatic nitrogens is 1. The van der Waals surface area contributed by atoms with Gasteiger partial charge in [-0.05, 0) is 37.3 Å². The van der Waals surface area contributed by atoms with E-state index >= 15 is 0 Å². The van der Waals surface area contributed by atoms with Crippen molar-refractivity contribution in [2.24, 2.45) is 0 Å². The SMILES string of the molecule is CC(C)(C)c1cc(CO)cc(OC2CCCC2)n1. The molecule has 0 spiro atoms. The normalized spacial score (nSPS) is 17.1. The number of aliphatic hydroxyl groups excluding tert-OH is 1. The van der Waals surface area contributed by atoms with Crippen LogP contribution in [0.15, 0.2) is 12.1 Å². The fourth-order valence-corrected chi connectivity index (χ4v) is 2.27. The molecule has 3 nitrogen and oxygen atoms in total. The van der Waals surface area contributed by atoms with Gasteiger partial charge in [0.1, 0.15) is 6.10 Å². The lowest BCUT2D eigenvalue weighted by atomic mass is 9.91. The Balaban J connectivity index is 2.23. The quantitative estimate of drug-likeness (QED) is 0.894. The minimum absolute atomic E-state index is 0.0288. The Morgan fingerprint density at radius 2 is 1.94 bits per heavy atom. The predicted molar refractivity (Wildman–Crippen MR) is 71.7 cm³/mol. The number of aliphatic hydroxyl groups is 1. The molecule has 0 amide bonds. The van der Waals surface area contributed by atoms with E-state index in [0.717, 1.165) is 24.1 Å². The molecule has 0 aromatic carbocycles. The summed E-state index contributed by atoms with van der Waals surface area (Å²) in [4.78, 5) is 4.58. The number of rotatable bonds is 3. The van der Waals surface area contributed by atoms with E-state index in [1.165, 1.54) is 12.8 Å². The predicted octanol–water partition coefficient (Wildman–Crippen LogP) is 3.19. The van der Waals surface area contributed by atoms with Gasteiger partial charge in [0.05, 0.1) is 12.3 Å². The van der Waals surface area contributed by atoms with E-state index in [-0.39, 0.29) is 12.0 Å². The maximum atomic E-state index is 9.33. The van der Waals surface area contributed by atoms with E-state index in [2.05, 4.69) is 25.8 Å². The highest BCUT2D eigenvalue weighted by molar-refractivity contribution is 5.28. The van der Waals surface area contributed by atoms with Gasteiger partial charge in [0.15, 0.2) is 0 Å². The molecule has 0 atom stereocenters.